The Morgan fingerprint density at radius 1 is 0.553 bits per heavy atom. The minimum Gasteiger partial charge on any atom is -0.310 e. The summed E-state index contributed by atoms with van der Waals surface area (Å²) in [5, 5.41) is 1.38. The van der Waals surface area contributed by atoms with Gasteiger partial charge in [0, 0.05) is 16.8 Å². The van der Waals surface area contributed by atoms with E-state index in [1.54, 1.807) is 0 Å². The molecule has 1 spiro atoms. The van der Waals surface area contributed by atoms with Crippen molar-refractivity contribution in [2.75, 3.05) is 0 Å². The van der Waals surface area contributed by atoms with Gasteiger partial charge in [-0.25, -0.2) is 0 Å². The van der Waals surface area contributed by atoms with Crippen LogP contribution in [-0.2, 0) is 11.8 Å². The molecule has 0 fully saturated rings. The third kappa shape index (κ3) is 2.33. The maximum absolute atomic E-state index is 2.48. The van der Waals surface area contributed by atoms with Gasteiger partial charge in [-0.1, -0.05) is 103 Å². The summed E-state index contributed by atoms with van der Waals surface area (Å²) in [7, 11) is 0. The highest BCUT2D eigenvalue weighted by molar-refractivity contribution is 5.96. The lowest BCUT2D eigenvalue weighted by Gasteiger charge is -2.30. The lowest BCUT2D eigenvalue weighted by molar-refractivity contribution is 0.793. The molecule has 0 radical (unpaired) electrons. The Hall–Kier alpha value is -4.62. The number of nitrogens with zero attached hydrogens (tertiary/aromatic N) is 1. The normalized spacial score (nSPS) is 15.3. The van der Waals surface area contributed by atoms with Crippen LogP contribution in [0.3, 0.4) is 0 Å². The Morgan fingerprint density at radius 3 is 1.84 bits per heavy atom. The standard InChI is InChI=1S/C37H25N/c1-6-16-31-25(11-1)26-12-2-7-17-32(26)37(31)33-18-8-3-13-27(33)30-23-24(21-22-34(30)37)38-35-19-9-4-14-28(35)29-15-5-10-20-36(29)38/h1-4,6-14,16-23H,5,15H2. The number of rotatable bonds is 1. The molecular weight excluding hydrogens is 458 g/mol. The number of aromatic nitrogens is 1. The maximum Gasteiger partial charge on any atom is 0.0725 e. The van der Waals surface area contributed by atoms with E-state index in [2.05, 4.69) is 132 Å². The minimum atomic E-state index is -0.282. The van der Waals surface area contributed by atoms with Gasteiger partial charge in [0.25, 0.3) is 0 Å². The van der Waals surface area contributed by atoms with Gasteiger partial charge in [-0.3, -0.25) is 0 Å². The van der Waals surface area contributed by atoms with Crippen LogP contribution in [0.4, 0.5) is 0 Å². The zero-order chi connectivity index (χ0) is 24.8. The Bertz CT molecular complexity index is 1940. The first-order valence-corrected chi connectivity index (χ1v) is 13.6. The van der Waals surface area contributed by atoms with Crippen molar-refractivity contribution < 1.29 is 0 Å². The molecule has 0 N–H and O–H groups in total. The lowest BCUT2D eigenvalue weighted by atomic mass is 9.70. The third-order valence-corrected chi connectivity index (χ3v) is 9.10. The molecule has 0 bridgehead atoms. The second-order valence-corrected chi connectivity index (χ2v) is 10.8. The smallest absolute Gasteiger partial charge is 0.0725 e. The fourth-order valence-corrected chi connectivity index (χ4v) is 7.69. The molecule has 1 heterocycles. The van der Waals surface area contributed by atoms with E-state index in [9.17, 15) is 0 Å². The van der Waals surface area contributed by atoms with E-state index in [0.29, 0.717) is 0 Å². The summed E-state index contributed by atoms with van der Waals surface area (Å²) >= 11 is 0. The topological polar surface area (TPSA) is 4.93 Å². The van der Waals surface area contributed by atoms with Gasteiger partial charge in [-0.15, -0.1) is 0 Å². The molecule has 0 saturated heterocycles. The first-order chi connectivity index (χ1) is 18.9. The average molecular weight is 484 g/mol. The van der Waals surface area contributed by atoms with Gasteiger partial charge in [0.2, 0.25) is 0 Å². The highest BCUT2D eigenvalue weighted by Gasteiger charge is 2.51. The summed E-state index contributed by atoms with van der Waals surface area (Å²) in [5.41, 5.74) is 16.0. The molecule has 0 unspecified atom stereocenters. The number of para-hydroxylation sites is 1. The molecule has 1 nitrogen and oxygen atoms in total. The van der Waals surface area contributed by atoms with Crippen molar-refractivity contribution >= 4 is 17.0 Å². The van der Waals surface area contributed by atoms with Gasteiger partial charge in [-0.2, -0.15) is 0 Å². The molecule has 1 heteroatoms. The molecule has 3 aliphatic rings. The molecule has 178 valence electrons. The number of hydrogen-bond donors (Lipinski definition) is 0. The first-order valence-electron chi connectivity index (χ1n) is 13.6. The fraction of sp³-hybridized carbons (Fsp3) is 0.0811. The van der Waals surface area contributed by atoms with Crippen molar-refractivity contribution in [3.63, 3.8) is 0 Å². The molecule has 0 saturated carbocycles. The van der Waals surface area contributed by atoms with E-state index in [4.69, 9.17) is 0 Å². The van der Waals surface area contributed by atoms with Gasteiger partial charge < -0.3 is 4.57 Å². The zero-order valence-electron chi connectivity index (χ0n) is 21.0. The SMILES string of the molecule is C1=Cc2c(c3ccccc3n2-c2ccc3c(c2)-c2ccccc2C32c3ccccc3-c3ccccc32)CC1. The van der Waals surface area contributed by atoms with Crippen molar-refractivity contribution in [1.29, 1.82) is 0 Å². The average Bonchev–Trinajstić information content (AvgIpc) is 3.59. The largest absolute Gasteiger partial charge is 0.310 e. The zero-order valence-corrected chi connectivity index (χ0v) is 21.0. The first kappa shape index (κ1) is 20.4. The quantitative estimate of drug-likeness (QED) is 0.220. The predicted octanol–water partition coefficient (Wildman–Crippen LogP) is 8.93. The second kappa shape index (κ2) is 7.24. The van der Waals surface area contributed by atoms with Crippen molar-refractivity contribution in [3.8, 4) is 27.9 Å². The van der Waals surface area contributed by atoms with E-state index in [1.807, 2.05) is 0 Å². The van der Waals surface area contributed by atoms with E-state index in [1.165, 1.54) is 72.4 Å². The van der Waals surface area contributed by atoms with Crippen LogP contribution in [0.1, 0.15) is 39.9 Å². The van der Waals surface area contributed by atoms with Gasteiger partial charge in [-0.05, 0) is 87.2 Å². The summed E-state index contributed by atoms with van der Waals surface area (Å²) in [6, 6.07) is 43.2. The molecule has 0 amide bonds. The Labute approximate surface area is 222 Å². The van der Waals surface area contributed by atoms with E-state index < -0.39 is 0 Å². The summed E-state index contributed by atoms with van der Waals surface area (Å²) < 4.78 is 2.48. The monoisotopic (exact) mass is 483 g/mol. The van der Waals surface area contributed by atoms with Gasteiger partial charge in [0.15, 0.2) is 0 Å². The maximum atomic E-state index is 2.48. The van der Waals surface area contributed by atoms with E-state index in [0.717, 1.165) is 12.8 Å². The summed E-state index contributed by atoms with van der Waals surface area (Å²) in [5.74, 6) is 0. The Morgan fingerprint density at radius 2 is 1.13 bits per heavy atom. The van der Waals surface area contributed by atoms with Gasteiger partial charge in [0.05, 0.1) is 10.9 Å². The van der Waals surface area contributed by atoms with E-state index in [-0.39, 0.29) is 5.41 Å². The summed E-state index contributed by atoms with van der Waals surface area (Å²) in [6.07, 6.45) is 6.86. The molecule has 1 aromatic heterocycles. The number of benzene rings is 5. The van der Waals surface area contributed by atoms with Crippen LogP contribution < -0.4 is 0 Å². The molecule has 0 atom stereocenters. The van der Waals surface area contributed by atoms with Crippen LogP contribution in [-0.4, -0.2) is 4.57 Å². The number of allylic oxidation sites excluding steroid dienone is 1. The fourth-order valence-electron chi connectivity index (χ4n) is 7.69. The molecule has 0 aliphatic heterocycles. The molecule has 3 aliphatic carbocycles. The van der Waals surface area contributed by atoms with Crippen LogP contribution in [0.15, 0.2) is 121 Å². The highest BCUT2D eigenvalue weighted by atomic mass is 15.0. The van der Waals surface area contributed by atoms with E-state index >= 15 is 0 Å². The molecular formula is C37H25N. The van der Waals surface area contributed by atoms with Crippen LogP contribution in [0, 0.1) is 0 Å². The minimum absolute atomic E-state index is 0.282. The van der Waals surface area contributed by atoms with Crippen LogP contribution >= 0.6 is 0 Å². The van der Waals surface area contributed by atoms with Crippen molar-refractivity contribution in [2.45, 2.75) is 18.3 Å². The Kier molecular flexibility index (Phi) is 3.89. The summed E-state index contributed by atoms with van der Waals surface area (Å²) in [6.45, 7) is 0. The number of aryl methyl sites for hydroxylation is 1. The number of hydrogen-bond acceptors (Lipinski definition) is 0. The van der Waals surface area contributed by atoms with Crippen LogP contribution in [0.2, 0.25) is 0 Å². The van der Waals surface area contributed by atoms with Crippen molar-refractivity contribution in [3.05, 3.63) is 155 Å². The van der Waals surface area contributed by atoms with Crippen molar-refractivity contribution in [1.82, 2.24) is 4.57 Å². The van der Waals surface area contributed by atoms with Crippen LogP contribution in [0.25, 0.3) is 44.9 Å². The van der Waals surface area contributed by atoms with Gasteiger partial charge >= 0.3 is 0 Å². The molecule has 38 heavy (non-hydrogen) atoms. The predicted molar refractivity (Wildman–Crippen MR) is 157 cm³/mol. The van der Waals surface area contributed by atoms with Crippen molar-refractivity contribution in [2.24, 2.45) is 0 Å². The number of fused-ring (bicyclic) bond motifs is 13. The third-order valence-electron chi connectivity index (χ3n) is 9.10. The molecule has 5 aromatic carbocycles. The van der Waals surface area contributed by atoms with Gasteiger partial charge in [0.1, 0.15) is 0 Å². The lowest BCUT2D eigenvalue weighted by Crippen LogP contribution is -2.25. The second-order valence-electron chi connectivity index (χ2n) is 10.8. The molecule has 6 aromatic rings. The Balaban J connectivity index is 1.38. The molecule has 9 rings (SSSR count). The summed E-state index contributed by atoms with van der Waals surface area (Å²) in [4.78, 5) is 0. The highest BCUT2D eigenvalue weighted by Crippen LogP contribution is 2.62. The van der Waals surface area contributed by atoms with Crippen LogP contribution in [0.5, 0.6) is 0 Å².